The van der Waals surface area contributed by atoms with Crippen LogP contribution in [0.2, 0.25) is 0 Å². The Morgan fingerprint density at radius 1 is 0.953 bits per heavy atom. The van der Waals surface area contributed by atoms with Crippen LogP contribution in [0.1, 0.15) is 88.4 Å². The van der Waals surface area contributed by atoms with E-state index in [9.17, 15) is 19.2 Å². The van der Waals surface area contributed by atoms with E-state index in [4.69, 9.17) is 19.2 Å². The molecular formula is C50H63N7O7. The van der Waals surface area contributed by atoms with Crippen molar-refractivity contribution in [3.8, 4) is 22.4 Å². The van der Waals surface area contributed by atoms with Gasteiger partial charge in [0, 0.05) is 37.3 Å². The summed E-state index contributed by atoms with van der Waals surface area (Å²) >= 11 is 0. The Morgan fingerprint density at radius 3 is 2.34 bits per heavy atom. The molecule has 0 radical (unpaired) electrons. The average Bonchev–Trinajstić information content (AvgIpc) is 4.15. The van der Waals surface area contributed by atoms with E-state index in [0.29, 0.717) is 12.4 Å². The third-order valence-corrected chi connectivity index (χ3v) is 13.6. The molecule has 3 aromatic rings. The molecule has 2 bridgehead atoms. The van der Waals surface area contributed by atoms with E-state index in [-0.39, 0.29) is 41.8 Å². The van der Waals surface area contributed by atoms with Gasteiger partial charge in [0.1, 0.15) is 17.9 Å². The van der Waals surface area contributed by atoms with Gasteiger partial charge in [-0.2, -0.15) is 0 Å². The maximum Gasteiger partial charge on any atom is 0.414 e. The van der Waals surface area contributed by atoms with Crippen LogP contribution in [0.25, 0.3) is 28.1 Å². The van der Waals surface area contributed by atoms with Crippen molar-refractivity contribution in [1.82, 2.24) is 35.3 Å². The number of imidazole rings is 1. The van der Waals surface area contributed by atoms with Crippen molar-refractivity contribution in [3.05, 3.63) is 108 Å². The summed E-state index contributed by atoms with van der Waals surface area (Å²) in [5.74, 6) is 0.458. The predicted molar refractivity (Wildman–Crippen MR) is 246 cm³/mol. The second kappa shape index (κ2) is 19.7. The van der Waals surface area contributed by atoms with Crippen LogP contribution in [0.4, 0.5) is 9.59 Å². The third kappa shape index (κ3) is 8.84. The third-order valence-electron chi connectivity index (χ3n) is 13.6. The highest BCUT2D eigenvalue weighted by Crippen LogP contribution is 2.46. The molecule has 1 aromatic heterocycles. The number of carbonyl (C=O) groups excluding carboxylic acids is 4. The van der Waals surface area contributed by atoms with Crippen LogP contribution in [-0.2, 0) is 36.6 Å². The number of carbonyl (C=O) groups is 4. The van der Waals surface area contributed by atoms with Crippen molar-refractivity contribution in [2.45, 2.75) is 109 Å². The first-order valence-corrected chi connectivity index (χ1v) is 22.4. The van der Waals surface area contributed by atoms with Gasteiger partial charge in [0.05, 0.1) is 44.3 Å². The number of fused-ring (bicyclic) bond motifs is 5. The Balaban J connectivity index is 1.09. The van der Waals surface area contributed by atoms with Crippen molar-refractivity contribution >= 4 is 29.7 Å². The maximum atomic E-state index is 14.6. The molecule has 340 valence electrons. The molecule has 14 nitrogen and oxygen atoms in total. The highest BCUT2D eigenvalue weighted by Gasteiger charge is 2.52. The number of nitrogens with one attached hydrogen (secondary N) is 3. The lowest BCUT2D eigenvalue weighted by Gasteiger charge is -2.41. The first-order valence-electron chi connectivity index (χ1n) is 22.4. The number of hydrogen-bond acceptors (Lipinski definition) is 9. The topological polar surface area (TPSA) is 158 Å². The molecule has 64 heavy (non-hydrogen) atoms. The Kier molecular flexibility index (Phi) is 14.1. The zero-order valence-electron chi connectivity index (χ0n) is 38.2. The average molecular weight is 874 g/mol. The van der Waals surface area contributed by atoms with Crippen molar-refractivity contribution in [3.63, 3.8) is 0 Å². The number of hydrogen-bond donors (Lipinski definition) is 3. The van der Waals surface area contributed by atoms with Gasteiger partial charge < -0.3 is 39.6 Å². The Bertz CT molecular complexity index is 2330. The Hall–Kier alpha value is -6.15. The number of likely N-dealkylation sites (tertiary alicyclic amines) is 2. The summed E-state index contributed by atoms with van der Waals surface area (Å²) in [5.41, 5.74) is 9.68. The van der Waals surface area contributed by atoms with E-state index in [2.05, 4.69) is 71.2 Å². The second-order valence-corrected chi connectivity index (χ2v) is 17.5. The number of aromatic amines is 1. The first kappa shape index (κ1) is 45.9. The highest BCUT2D eigenvalue weighted by atomic mass is 16.5. The zero-order chi connectivity index (χ0) is 45.8. The fourth-order valence-corrected chi connectivity index (χ4v) is 10.4. The number of alkyl carbamates (subject to hydrolysis) is 1. The fourth-order valence-electron chi connectivity index (χ4n) is 10.4. The highest BCUT2D eigenvalue weighted by molar-refractivity contribution is 5.88. The normalized spacial score (nSPS) is 21.7. The standard InChI is InChI=1S/C50H63N7O7/c1-10-14-40(45-35-18-21-36(27-35)57(45)48(59)44(29(4)5)55(12-3)50(61)64-9)52-39(11-2)33-19-22-37-31(25-33)16-17-32-26-34(20-23-38(32)37)41-28-51-46(53-41)42-15-13-24-56(42)47(58)43(30(6)62-7)54-49(60)63-8/h10-12,14,19-20,22-23,25-26,28-30,35-36,42-45,52H,1,3,13,15-18,21,24,27H2,2,4-9H3,(H,51,53)(H,54,60)/b39-11-,40-14+/t30-,35+,36?,42+,43?,44+,45+/m1/s1. The summed E-state index contributed by atoms with van der Waals surface area (Å²) in [4.78, 5) is 66.6. The van der Waals surface area contributed by atoms with E-state index >= 15 is 0 Å². The minimum Gasteiger partial charge on any atom is -0.453 e. The molecule has 3 N–H and O–H groups in total. The number of allylic oxidation sites excluding steroid dienone is 3. The lowest BCUT2D eigenvalue weighted by atomic mass is 9.83. The number of rotatable bonds is 15. The molecule has 3 fully saturated rings. The number of benzene rings is 2. The van der Waals surface area contributed by atoms with Crippen LogP contribution < -0.4 is 10.6 Å². The molecule has 7 atom stereocenters. The lowest BCUT2D eigenvalue weighted by molar-refractivity contribution is -0.141. The van der Waals surface area contributed by atoms with Crippen molar-refractivity contribution in [2.75, 3.05) is 27.9 Å². The van der Waals surface area contributed by atoms with Crippen LogP contribution in [0, 0.1) is 11.8 Å². The predicted octanol–water partition coefficient (Wildman–Crippen LogP) is 7.90. The monoisotopic (exact) mass is 873 g/mol. The summed E-state index contributed by atoms with van der Waals surface area (Å²) in [5, 5.41) is 6.40. The number of ether oxygens (including phenoxy) is 3. The first-order chi connectivity index (χ1) is 30.9. The maximum absolute atomic E-state index is 14.6. The van der Waals surface area contributed by atoms with Gasteiger partial charge in [-0.1, -0.05) is 63.4 Å². The molecule has 3 heterocycles. The Labute approximate surface area is 376 Å². The Morgan fingerprint density at radius 2 is 1.69 bits per heavy atom. The minimum atomic E-state index is -0.900. The van der Waals surface area contributed by atoms with Gasteiger partial charge in [-0.25, -0.2) is 14.6 Å². The lowest BCUT2D eigenvalue weighted by Crippen LogP contribution is -2.57. The molecule has 2 aliphatic carbocycles. The van der Waals surface area contributed by atoms with Crippen LogP contribution in [0.3, 0.4) is 0 Å². The van der Waals surface area contributed by atoms with Gasteiger partial charge in [-0.3, -0.25) is 14.5 Å². The number of piperidine rings is 1. The summed E-state index contributed by atoms with van der Waals surface area (Å²) in [6.07, 6.45) is 13.3. The molecular weight excluding hydrogens is 811 g/mol. The van der Waals surface area contributed by atoms with Crippen molar-refractivity contribution in [1.29, 1.82) is 0 Å². The van der Waals surface area contributed by atoms with Gasteiger partial charge in [0.2, 0.25) is 11.8 Å². The van der Waals surface area contributed by atoms with Crippen molar-refractivity contribution in [2.24, 2.45) is 11.8 Å². The molecule has 1 saturated carbocycles. The van der Waals surface area contributed by atoms with Gasteiger partial charge in [-0.05, 0) is 122 Å². The summed E-state index contributed by atoms with van der Waals surface area (Å²) in [7, 11) is 4.09. The SMILES string of the molecule is C=C/C=C(/N/C(=C\C)c1ccc2c(c1)CCc1cc(-c3cnc([C@@H]4CCCN4C(=O)C(NC(=O)OC)[C@@H](C)OC)[nH]3)ccc1-2)[C@@H]1[C@H]2CCC(C2)N1C(=O)[C@H](C(C)C)N(C=C)C(=O)OC. The number of H-pyrrole nitrogens is 1. The van der Waals surface area contributed by atoms with E-state index < -0.39 is 30.4 Å². The van der Waals surface area contributed by atoms with Crippen LogP contribution in [0.5, 0.6) is 0 Å². The van der Waals surface area contributed by atoms with E-state index in [0.717, 1.165) is 73.2 Å². The van der Waals surface area contributed by atoms with Crippen LogP contribution in [-0.4, -0.2) is 107 Å². The van der Waals surface area contributed by atoms with Crippen molar-refractivity contribution < 1.29 is 33.4 Å². The van der Waals surface area contributed by atoms with Gasteiger partial charge >= 0.3 is 12.2 Å². The zero-order valence-corrected chi connectivity index (χ0v) is 38.2. The molecule has 14 heteroatoms. The number of methoxy groups -OCH3 is 3. The van der Waals surface area contributed by atoms with E-state index in [1.807, 2.05) is 37.9 Å². The van der Waals surface area contributed by atoms with Crippen LogP contribution >= 0.6 is 0 Å². The molecule has 7 rings (SSSR count). The molecule has 2 unspecified atom stereocenters. The molecule has 4 amide bonds. The number of aryl methyl sites for hydroxylation is 2. The molecule has 0 spiro atoms. The molecule has 2 aliphatic heterocycles. The number of nitrogens with zero attached hydrogens (tertiary/aromatic N) is 4. The molecule has 2 aromatic carbocycles. The van der Waals surface area contributed by atoms with E-state index in [1.165, 1.54) is 54.7 Å². The fraction of sp³-hybridized carbons (Fsp3) is 0.460. The van der Waals surface area contributed by atoms with Gasteiger partial charge in [0.25, 0.3) is 0 Å². The summed E-state index contributed by atoms with van der Waals surface area (Å²) < 4.78 is 15.3. The summed E-state index contributed by atoms with van der Waals surface area (Å²) in [6.45, 7) is 16.1. The summed E-state index contributed by atoms with van der Waals surface area (Å²) in [6, 6.07) is 11.1. The van der Waals surface area contributed by atoms with Crippen LogP contribution in [0.15, 0.2) is 85.9 Å². The quantitative estimate of drug-likeness (QED) is 0.129. The number of aromatic nitrogens is 2. The van der Waals surface area contributed by atoms with Gasteiger partial charge in [-0.15, -0.1) is 0 Å². The minimum absolute atomic E-state index is 0.0756. The second-order valence-electron chi connectivity index (χ2n) is 17.5. The molecule has 2 saturated heterocycles. The number of amides is 4. The van der Waals surface area contributed by atoms with E-state index in [1.54, 1.807) is 17.9 Å². The largest absolute Gasteiger partial charge is 0.453 e. The van der Waals surface area contributed by atoms with Gasteiger partial charge in [0.15, 0.2) is 0 Å². The smallest absolute Gasteiger partial charge is 0.414 e. The molecule has 4 aliphatic rings.